The summed E-state index contributed by atoms with van der Waals surface area (Å²) in [6, 6.07) is 13.9. The second kappa shape index (κ2) is 8.43. The maximum absolute atomic E-state index is 12.4. The Morgan fingerprint density at radius 3 is 2.75 bits per heavy atom. The van der Waals surface area contributed by atoms with Crippen LogP contribution in [0.2, 0.25) is 0 Å². The molecule has 9 heteroatoms. The van der Waals surface area contributed by atoms with Crippen LogP contribution in [0.3, 0.4) is 0 Å². The first-order chi connectivity index (χ1) is 15.6. The molecule has 5 rings (SSSR count). The van der Waals surface area contributed by atoms with Crippen LogP contribution in [0.4, 0.5) is 5.82 Å². The number of rotatable bonds is 5. The predicted octanol–water partition coefficient (Wildman–Crippen LogP) is 2.48. The first-order valence-corrected chi connectivity index (χ1v) is 10.8. The van der Waals surface area contributed by atoms with Crippen molar-refractivity contribution in [3.8, 4) is 17.1 Å². The van der Waals surface area contributed by atoms with Crippen LogP contribution in [0.5, 0.6) is 0 Å². The lowest BCUT2D eigenvalue weighted by atomic mass is 10.1. The van der Waals surface area contributed by atoms with Gasteiger partial charge in [-0.05, 0) is 26.0 Å². The third-order valence-electron chi connectivity index (χ3n) is 5.44. The first-order valence-electron chi connectivity index (χ1n) is 10.8. The van der Waals surface area contributed by atoms with Crippen LogP contribution < -0.4 is 10.2 Å². The van der Waals surface area contributed by atoms with Crippen LogP contribution >= 0.6 is 0 Å². The number of morpholine rings is 1. The number of hydrogen-bond donors (Lipinski definition) is 1. The van der Waals surface area contributed by atoms with Gasteiger partial charge in [-0.1, -0.05) is 23.8 Å². The van der Waals surface area contributed by atoms with E-state index in [2.05, 4.69) is 34.4 Å². The molecule has 4 heterocycles. The predicted molar refractivity (Wildman–Crippen MR) is 121 cm³/mol. The molecule has 1 aliphatic heterocycles. The summed E-state index contributed by atoms with van der Waals surface area (Å²) in [7, 11) is 0. The SMILES string of the molecule is CCNC(=O)c1cc2nc(-n3ccc(-c4cccc(C)c4)n3)cc(N3CCOCC3)n2n1. The molecule has 1 aromatic carbocycles. The molecule has 0 radical (unpaired) electrons. The number of aryl methyl sites for hydroxylation is 1. The lowest BCUT2D eigenvalue weighted by Gasteiger charge is -2.29. The van der Waals surface area contributed by atoms with Gasteiger partial charge in [-0.15, -0.1) is 0 Å². The van der Waals surface area contributed by atoms with E-state index >= 15 is 0 Å². The minimum absolute atomic E-state index is 0.215. The molecule has 0 saturated carbocycles. The normalized spacial score (nSPS) is 14.1. The Morgan fingerprint density at radius 1 is 1.12 bits per heavy atom. The zero-order chi connectivity index (χ0) is 22.1. The van der Waals surface area contributed by atoms with E-state index in [9.17, 15) is 4.79 Å². The van der Waals surface area contributed by atoms with Gasteiger partial charge < -0.3 is 15.0 Å². The van der Waals surface area contributed by atoms with Gasteiger partial charge in [0.1, 0.15) is 5.82 Å². The van der Waals surface area contributed by atoms with E-state index < -0.39 is 0 Å². The summed E-state index contributed by atoms with van der Waals surface area (Å²) in [4.78, 5) is 19.3. The molecule has 1 amide bonds. The van der Waals surface area contributed by atoms with Crippen LogP contribution in [0.25, 0.3) is 22.7 Å². The summed E-state index contributed by atoms with van der Waals surface area (Å²) in [6.07, 6.45) is 1.90. The Bertz CT molecular complexity index is 1270. The molecular formula is C23H25N7O2. The van der Waals surface area contributed by atoms with Crippen molar-refractivity contribution in [3.63, 3.8) is 0 Å². The number of benzene rings is 1. The fourth-order valence-corrected chi connectivity index (χ4v) is 3.85. The number of anilines is 1. The van der Waals surface area contributed by atoms with Gasteiger partial charge in [-0.3, -0.25) is 4.79 Å². The van der Waals surface area contributed by atoms with Crippen molar-refractivity contribution < 1.29 is 9.53 Å². The number of hydrogen-bond acceptors (Lipinski definition) is 6. The molecule has 1 aliphatic rings. The Kier molecular flexibility index (Phi) is 5.32. The van der Waals surface area contributed by atoms with Crippen molar-refractivity contribution in [2.75, 3.05) is 37.7 Å². The molecule has 0 aliphatic carbocycles. The maximum atomic E-state index is 12.4. The summed E-state index contributed by atoms with van der Waals surface area (Å²) in [5.41, 5.74) is 4.05. The van der Waals surface area contributed by atoms with E-state index in [1.165, 1.54) is 5.56 Å². The van der Waals surface area contributed by atoms with Gasteiger partial charge >= 0.3 is 0 Å². The minimum atomic E-state index is -0.215. The van der Waals surface area contributed by atoms with Crippen molar-refractivity contribution in [3.05, 3.63) is 59.9 Å². The number of nitrogens with zero attached hydrogens (tertiary/aromatic N) is 6. The topological polar surface area (TPSA) is 89.6 Å². The molecule has 3 aromatic heterocycles. The van der Waals surface area contributed by atoms with Gasteiger partial charge in [-0.25, -0.2) is 9.67 Å². The number of aromatic nitrogens is 5. The van der Waals surface area contributed by atoms with Gasteiger partial charge in [0.05, 0.1) is 18.9 Å². The highest BCUT2D eigenvalue weighted by Crippen LogP contribution is 2.23. The number of carbonyl (C=O) groups excluding carboxylic acids is 1. The molecule has 32 heavy (non-hydrogen) atoms. The number of nitrogens with one attached hydrogen (secondary N) is 1. The number of ether oxygens (including phenoxy) is 1. The van der Waals surface area contributed by atoms with Crippen LogP contribution in [-0.2, 0) is 4.74 Å². The molecule has 9 nitrogen and oxygen atoms in total. The average molecular weight is 432 g/mol. The lowest BCUT2D eigenvalue weighted by molar-refractivity contribution is 0.0950. The third-order valence-corrected chi connectivity index (χ3v) is 5.44. The zero-order valence-electron chi connectivity index (χ0n) is 18.2. The van der Waals surface area contributed by atoms with Gasteiger partial charge in [0.15, 0.2) is 17.2 Å². The van der Waals surface area contributed by atoms with E-state index in [1.54, 1.807) is 15.3 Å². The molecule has 4 aromatic rings. The van der Waals surface area contributed by atoms with E-state index in [4.69, 9.17) is 14.8 Å². The fraction of sp³-hybridized carbons (Fsp3) is 0.304. The smallest absolute Gasteiger partial charge is 0.271 e. The highest BCUT2D eigenvalue weighted by Gasteiger charge is 2.20. The fourth-order valence-electron chi connectivity index (χ4n) is 3.85. The van der Waals surface area contributed by atoms with Gasteiger partial charge in [-0.2, -0.15) is 14.7 Å². The quantitative estimate of drug-likeness (QED) is 0.522. The number of amides is 1. The highest BCUT2D eigenvalue weighted by atomic mass is 16.5. The number of fused-ring (bicyclic) bond motifs is 1. The van der Waals surface area contributed by atoms with Crippen LogP contribution in [-0.4, -0.2) is 63.1 Å². The Labute approximate surface area is 185 Å². The molecule has 0 spiro atoms. The Hall–Kier alpha value is -3.72. The molecule has 1 saturated heterocycles. The summed E-state index contributed by atoms with van der Waals surface area (Å²) < 4.78 is 9.01. The molecule has 1 N–H and O–H groups in total. The lowest BCUT2D eigenvalue weighted by Crippen LogP contribution is -2.37. The van der Waals surface area contributed by atoms with E-state index in [0.717, 1.165) is 30.2 Å². The minimum Gasteiger partial charge on any atom is -0.378 e. The summed E-state index contributed by atoms with van der Waals surface area (Å²) in [5, 5.41) is 12.1. The standard InChI is InChI=1S/C23H25N7O2/c1-3-24-23(31)19-14-21-25-20(15-22(30(21)27-19)28-9-11-32-12-10-28)29-8-7-18(26-29)17-6-4-5-16(2)13-17/h4-8,13-15H,3,9-12H2,1-2H3,(H,24,31). The molecule has 0 bridgehead atoms. The van der Waals surface area contributed by atoms with Crippen molar-refractivity contribution in [2.24, 2.45) is 0 Å². The van der Waals surface area contributed by atoms with Crippen LogP contribution in [0.15, 0.2) is 48.7 Å². The molecule has 164 valence electrons. The van der Waals surface area contributed by atoms with Crippen molar-refractivity contribution in [1.82, 2.24) is 29.7 Å². The molecular weight excluding hydrogens is 406 g/mol. The Balaban J connectivity index is 1.59. The first kappa shape index (κ1) is 20.2. The van der Waals surface area contributed by atoms with Gasteiger partial charge in [0.2, 0.25) is 0 Å². The van der Waals surface area contributed by atoms with Gasteiger partial charge in [0.25, 0.3) is 5.91 Å². The van der Waals surface area contributed by atoms with Gasteiger partial charge in [0, 0.05) is 43.5 Å². The molecule has 1 fully saturated rings. The summed E-state index contributed by atoms with van der Waals surface area (Å²) in [5.74, 6) is 1.31. The van der Waals surface area contributed by atoms with Crippen molar-refractivity contribution in [2.45, 2.75) is 13.8 Å². The van der Waals surface area contributed by atoms with E-state index in [-0.39, 0.29) is 5.91 Å². The Morgan fingerprint density at radius 2 is 1.97 bits per heavy atom. The molecule has 0 unspecified atom stereocenters. The zero-order valence-corrected chi connectivity index (χ0v) is 18.2. The largest absolute Gasteiger partial charge is 0.378 e. The van der Waals surface area contributed by atoms with Crippen molar-refractivity contribution >= 4 is 17.4 Å². The number of carbonyl (C=O) groups is 1. The van der Waals surface area contributed by atoms with Crippen LogP contribution in [0, 0.1) is 6.92 Å². The third kappa shape index (κ3) is 3.82. The second-order valence-corrected chi connectivity index (χ2v) is 7.75. The van der Waals surface area contributed by atoms with E-state index in [1.807, 2.05) is 37.4 Å². The van der Waals surface area contributed by atoms with Crippen LogP contribution in [0.1, 0.15) is 23.0 Å². The molecule has 0 atom stereocenters. The monoisotopic (exact) mass is 431 g/mol. The summed E-state index contributed by atoms with van der Waals surface area (Å²) >= 11 is 0. The average Bonchev–Trinajstić information content (AvgIpc) is 3.47. The van der Waals surface area contributed by atoms with Crippen molar-refractivity contribution in [1.29, 1.82) is 0 Å². The maximum Gasteiger partial charge on any atom is 0.271 e. The second-order valence-electron chi connectivity index (χ2n) is 7.75. The van der Waals surface area contributed by atoms with E-state index in [0.29, 0.717) is 36.9 Å². The summed E-state index contributed by atoms with van der Waals surface area (Å²) in [6.45, 7) is 7.25. The highest BCUT2D eigenvalue weighted by molar-refractivity contribution is 5.93.